The largest absolute Gasteiger partial charge is 0.388 e. The number of tetrazole rings is 1. The standard InChI is InChI=1S/C34H33F4N7O2/c1-2-31(46)24-5-11-28(12-6-24)44-17-15-43(16-18-44)27-9-3-23(4-10-27)25-7-14-32(39-20-25)34(37,38)33(47,21-45-22-40-41-42-45)29-13-8-26(35)19-30(29)36/h3-14,19-20,22,31,46-47H,2,15-18,21H2,1H3. The van der Waals surface area contributed by atoms with E-state index in [2.05, 4.69) is 30.3 Å². The zero-order valence-electron chi connectivity index (χ0n) is 25.5. The van der Waals surface area contributed by atoms with Gasteiger partial charge in [0.15, 0.2) is 5.60 Å². The van der Waals surface area contributed by atoms with Crippen LogP contribution in [0.1, 0.15) is 36.3 Å². The van der Waals surface area contributed by atoms with E-state index in [-0.39, 0.29) is 0 Å². The van der Waals surface area contributed by atoms with E-state index in [4.69, 9.17) is 0 Å². The maximum atomic E-state index is 16.1. The van der Waals surface area contributed by atoms with Gasteiger partial charge >= 0.3 is 5.92 Å². The minimum Gasteiger partial charge on any atom is -0.388 e. The normalized spacial score (nSPS) is 15.8. The number of anilines is 2. The third kappa shape index (κ3) is 6.41. The highest BCUT2D eigenvalue weighted by Crippen LogP contribution is 2.47. The maximum Gasteiger partial charge on any atom is 0.323 e. The summed E-state index contributed by atoms with van der Waals surface area (Å²) in [4.78, 5) is 8.55. The van der Waals surface area contributed by atoms with Crippen molar-refractivity contribution in [3.63, 3.8) is 0 Å². The molecule has 6 rings (SSSR count). The predicted molar refractivity (Wildman–Crippen MR) is 168 cm³/mol. The number of halogens is 4. The number of piperazine rings is 1. The average molecular weight is 648 g/mol. The molecule has 2 N–H and O–H groups in total. The van der Waals surface area contributed by atoms with Crippen LogP contribution in [0.25, 0.3) is 11.1 Å². The highest BCUT2D eigenvalue weighted by molar-refractivity contribution is 5.66. The molecule has 0 aliphatic carbocycles. The van der Waals surface area contributed by atoms with Gasteiger partial charge < -0.3 is 20.0 Å². The SMILES string of the molecule is CCC(O)c1ccc(N2CCN(c3ccc(-c4ccc(C(F)(F)C(O)(Cn5cnnn5)c5ccc(F)cc5F)nc4)cc3)CC2)cc1. The summed E-state index contributed by atoms with van der Waals surface area (Å²) in [6, 6.07) is 20.3. The third-order valence-corrected chi connectivity index (χ3v) is 8.64. The number of aliphatic hydroxyl groups is 2. The van der Waals surface area contributed by atoms with Crippen molar-refractivity contribution < 1.29 is 27.8 Å². The van der Waals surface area contributed by atoms with Crippen molar-refractivity contribution in [3.05, 3.63) is 120 Å². The van der Waals surface area contributed by atoms with E-state index in [1.165, 1.54) is 12.3 Å². The van der Waals surface area contributed by atoms with Gasteiger partial charge in [-0.2, -0.15) is 8.78 Å². The maximum absolute atomic E-state index is 16.1. The van der Waals surface area contributed by atoms with Crippen LogP contribution in [0.15, 0.2) is 91.4 Å². The van der Waals surface area contributed by atoms with Crippen LogP contribution in [0.4, 0.5) is 28.9 Å². The number of rotatable bonds is 10. The average Bonchev–Trinajstić information content (AvgIpc) is 3.61. The first-order valence-electron chi connectivity index (χ1n) is 15.2. The Morgan fingerprint density at radius 2 is 1.45 bits per heavy atom. The molecule has 1 fully saturated rings. The van der Waals surface area contributed by atoms with Gasteiger partial charge in [0.1, 0.15) is 23.7 Å². The fourth-order valence-electron chi connectivity index (χ4n) is 5.86. The number of aliphatic hydroxyl groups excluding tert-OH is 1. The molecule has 244 valence electrons. The molecule has 47 heavy (non-hydrogen) atoms. The summed E-state index contributed by atoms with van der Waals surface area (Å²) in [5.74, 6) is -6.47. The molecule has 13 heteroatoms. The van der Waals surface area contributed by atoms with Gasteiger partial charge in [-0.25, -0.2) is 13.5 Å². The summed E-state index contributed by atoms with van der Waals surface area (Å²) in [6.07, 6.45) is 2.48. The lowest BCUT2D eigenvalue weighted by atomic mass is 9.84. The minimum atomic E-state index is -4.14. The van der Waals surface area contributed by atoms with E-state index < -0.39 is 47.1 Å². The molecular formula is C34H33F4N7O2. The van der Waals surface area contributed by atoms with E-state index in [1.54, 1.807) is 0 Å². The van der Waals surface area contributed by atoms with Crippen LogP contribution >= 0.6 is 0 Å². The predicted octanol–water partition coefficient (Wildman–Crippen LogP) is 5.46. The molecule has 0 saturated carbocycles. The number of pyridine rings is 1. The van der Waals surface area contributed by atoms with Crippen LogP contribution in [0.2, 0.25) is 0 Å². The minimum absolute atomic E-state index is 0.425. The van der Waals surface area contributed by atoms with Crippen LogP contribution in [-0.2, 0) is 18.1 Å². The summed E-state index contributed by atoms with van der Waals surface area (Å²) in [5.41, 5.74) is -0.479. The van der Waals surface area contributed by atoms with Crippen LogP contribution in [-0.4, -0.2) is 61.6 Å². The number of nitrogens with zero attached hydrogens (tertiary/aromatic N) is 7. The molecule has 0 amide bonds. The van der Waals surface area contributed by atoms with E-state index in [0.29, 0.717) is 18.1 Å². The van der Waals surface area contributed by atoms with Crippen LogP contribution < -0.4 is 9.80 Å². The number of hydrogen-bond donors (Lipinski definition) is 2. The van der Waals surface area contributed by atoms with Crippen LogP contribution in [0.3, 0.4) is 0 Å². The van der Waals surface area contributed by atoms with Crippen molar-refractivity contribution >= 4 is 11.4 Å². The molecule has 2 atom stereocenters. The fourth-order valence-corrected chi connectivity index (χ4v) is 5.86. The molecular weight excluding hydrogens is 614 g/mol. The van der Waals surface area contributed by atoms with E-state index >= 15 is 8.78 Å². The molecule has 2 aromatic heterocycles. The smallest absolute Gasteiger partial charge is 0.323 e. The quantitative estimate of drug-likeness (QED) is 0.193. The van der Waals surface area contributed by atoms with Crippen LogP contribution in [0.5, 0.6) is 0 Å². The Morgan fingerprint density at radius 3 is 1.98 bits per heavy atom. The van der Waals surface area contributed by atoms with Gasteiger partial charge in [0, 0.05) is 60.9 Å². The lowest BCUT2D eigenvalue weighted by Crippen LogP contribution is -2.48. The molecule has 5 aromatic rings. The van der Waals surface area contributed by atoms with Gasteiger partial charge in [0.25, 0.3) is 0 Å². The second-order valence-corrected chi connectivity index (χ2v) is 11.5. The molecule has 0 spiro atoms. The van der Waals surface area contributed by atoms with E-state index in [0.717, 1.165) is 77.9 Å². The monoisotopic (exact) mass is 647 g/mol. The molecule has 1 saturated heterocycles. The topological polar surface area (TPSA) is 103 Å². The first-order chi connectivity index (χ1) is 22.6. The second kappa shape index (κ2) is 13.1. The number of aromatic nitrogens is 5. The molecule has 1 aliphatic rings. The van der Waals surface area contributed by atoms with Crippen molar-refractivity contribution in [2.75, 3.05) is 36.0 Å². The Labute approximate surface area is 268 Å². The zero-order chi connectivity index (χ0) is 33.2. The number of hydrogen-bond acceptors (Lipinski definition) is 8. The highest BCUT2D eigenvalue weighted by atomic mass is 19.3. The van der Waals surface area contributed by atoms with Gasteiger partial charge in [-0.1, -0.05) is 37.3 Å². The first kappa shape index (κ1) is 32.1. The fraction of sp³-hybridized carbons (Fsp3) is 0.294. The zero-order valence-corrected chi connectivity index (χ0v) is 25.5. The lowest BCUT2D eigenvalue weighted by molar-refractivity contribution is -0.207. The highest BCUT2D eigenvalue weighted by Gasteiger charge is 2.58. The van der Waals surface area contributed by atoms with Crippen molar-refractivity contribution in [2.45, 2.75) is 37.5 Å². The summed E-state index contributed by atoms with van der Waals surface area (Å²) >= 11 is 0. The Hall–Kier alpha value is -4.88. The summed E-state index contributed by atoms with van der Waals surface area (Å²) in [6.45, 7) is 4.31. The van der Waals surface area contributed by atoms with Gasteiger partial charge in [-0.05, 0) is 70.4 Å². The summed E-state index contributed by atoms with van der Waals surface area (Å²) < 4.78 is 61.4. The van der Waals surface area contributed by atoms with Crippen molar-refractivity contribution in [3.8, 4) is 11.1 Å². The molecule has 0 bridgehead atoms. The number of benzene rings is 3. The molecule has 9 nitrogen and oxygen atoms in total. The Bertz CT molecular complexity index is 1780. The molecule has 0 radical (unpaired) electrons. The molecule has 2 unspecified atom stereocenters. The Kier molecular flexibility index (Phi) is 8.93. The van der Waals surface area contributed by atoms with Gasteiger partial charge in [-0.15, -0.1) is 5.10 Å². The Morgan fingerprint density at radius 1 is 0.830 bits per heavy atom. The molecule has 3 heterocycles. The lowest BCUT2D eigenvalue weighted by Gasteiger charge is -2.37. The van der Waals surface area contributed by atoms with Crippen molar-refractivity contribution in [2.24, 2.45) is 0 Å². The van der Waals surface area contributed by atoms with Crippen LogP contribution in [0, 0.1) is 11.6 Å². The van der Waals surface area contributed by atoms with Gasteiger partial charge in [-0.3, -0.25) is 4.98 Å². The molecule has 3 aromatic carbocycles. The summed E-state index contributed by atoms with van der Waals surface area (Å²) in [7, 11) is 0. The van der Waals surface area contributed by atoms with Crippen molar-refractivity contribution in [1.82, 2.24) is 25.2 Å². The van der Waals surface area contributed by atoms with Gasteiger partial charge in [0.05, 0.1) is 12.6 Å². The van der Waals surface area contributed by atoms with Gasteiger partial charge in [0.2, 0.25) is 0 Å². The van der Waals surface area contributed by atoms with Crippen molar-refractivity contribution in [1.29, 1.82) is 0 Å². The molecule has 1 aliphatic heterocycles. The Balaban J connectivity index is 1.15. The van der Waals surface area contributed by atoms with E-state index in [1.807, 2.05) is 55.5 Å². The second-order valence-electron chi connectivity index (χ2n) is 11.5. The number of alkyl halides is 2. The van der Waals surface area contributed by atoms with E-state index in [9.17, 15) is 19.0 Å². The third-order valence-electron chi connectivity index (χ3n) is 8.64. The summed E-state index contributed by atoms with van der Waals surface area (Å²) in [5, 5.41) is 31.8. The first-order valence-corrected chi connectivity index (χ1v) is 15.2.